The molecule has 0 amide bonds. The Morgan fingerprint density at radius 2 is 1.07 bits per heavy atom. The molecule has 0 spiro atoms. The third-order valence-electron chi connectivity index (χ3n) is 4.43. The van der Waals surface area contributed by atoms with Crippen LogP contribution in [0, 0.1) is 13.8 Å². The second kappa shape index (κ2) is 8.60. The normalized spacial score (nSPS) is 10.8. The van der Waals surface area contributed by atoms with E-state index in [1.165, 1.54) is 0 Å². The molecule has 0 aliphatic heterocycles. The molecule has 0 saturated heterocycles. The van der Waals surface area contributed by atoms with E-state index in [1.807, 2.05) is 57.0 Å². The largest absolute Gasteiger partial charge is 0.261 e. The molecule has 7 nitrogen and oxygen atoms in total. The maximum Gasteiger partial charge on any atom is 0.134 e. The minimum Gasteiger partial charge on any atom is -0.261 e. The molecule has 4 aromatic rings. The molecule has 4 heterocycles. The van der Waals surface area contributed by atoms with Crippen molar-refractivity contribution in [2.45, 2.75) is 33.1 Å². The third-order valence-corrected chi connectivity index (χ3v) is 4.43. The van der Waals surface area contributed by atoms with Gasteiger partial charge in [-0.1, -0.05) is 6.07 Å². The maximum absolute atomic E-state index is 4.52. The maximum atomic E-state index is 4.52. The van der Waals surface area contributed by atoms with Crippen LogP contribution >= 0.6 is 0 Å². The molecule has 0 radical (unpaired) electrons. The van der Waals surface area contributed by atoms with Crippen molar-refractivity contribution >= 4 is 0 Å². The molecule has 0 atom stereocenters. The fourth-order valence-corrected chi connectivity index (χ4v) is 2.82. The van der Waals surface area contributed by atoms with Crippen molar-refractivity contribution < 1.29 is 0 Å². The van der Waals surface area contributed by atoms with Gasteiger partial charge in [-0.05, 0) is 36.6 Å². The summed E-state index contributed by atoms with van der Waals surface area (Å²) in [5, 5.41) is 0. The number of aryl methyl sites for hydroxylation is 2. The van der Waals surface area contributed by atoms with Crippen LogP contribution in [-0.2, 0) is 19.3 Å². The molecule has 0 aromatic carbocycles. The molecular weight excluding hydrogens is 362 g/mol. The average Bonchev–Trinajstić information content (AvgIpc) is 2.74. The summed E-state index contributed by atoms with van der Waals surface area (Å²) in [6.45, 7) is 3.89. The first-order chi connectivity index (χ1) is 14.1. The summed E-state index contributed by atoms with van der Waals surface area (Å²) in [4.78, 5) is 30.8. The van der Waals surface area contributed by atoms with Crippen LogP contribution in [0.4, 0.5) is 0 Å². The lowest BCUT2D eigenvalue weighted by Crippen LogP contribution is -2.02. The van der Waals surface area contributed by atoms with E-state index in [4.69, 9.17) is 0 Å². The van der Waals surface area contributed by atoms with E-state index in [0.29, 0.717) is 19.3 Å². The molecule has 0 saturated carbocycles. The number of hydrogen-bond donors (Lipinski definition) is 0. The van der Waals surface area contributed by atoms with E-state index >= 15 is 0 Å². The molecule has 0 fully saturated rings. The summed E-state index contributed by atoms with van der Waals surface area (Å²) in [6, 6.07) is 4.05. The number of pyridine rings is 1. The zero-order valence-electron chi connectivity index (χ0n) is 16.4. The van der Waals surface area contributed by atoms with Gasteiger partial charge in [0.25, 0.3) is 0 Å². The molecule has 0 bridgehead atoms. The Morgan fingerprint density at radius 3 is 1.59 bits per heavy atom. The molecule has 0 aliphatic carbocycles. The highest BCUT2D eigenvalue weighted by atomic mass is 14.9. The number of nitrogens with zero attached hydrogens (tertiary/aromatic N) is 7. The zero-order valence-corrected chi connectivity index (χ0v) is 16.4. The van der Waals surface area contributed by atoms with Gasteiger partial charge in [-0.25, -0.2) is 19.9 Å². The van der Waals surface area contributed by atoms with E-state index in [2.05, 4.69) is 34.9 Å². The summed E-state index contributed by atoms with van der Waals surface area (Å²) in [5.74, 6) is 1.52. The predicted molar refractivity (Wildman–Crippen MR) is 108 cm³/mol. The molecule has 29 heavy (non-hydrogen) atoms. The Morgan fingerprint density at radius 1 is 0.517 bits per heavy atom. The number of aromatic nitrogens is 7. The van der Waals surface area contributed by atoms with Gasteiger partial charge in [0.15, 0.2) is 0 Å². The van der Waals surface area contributed by atoms with Crippen molar-refractivity contribution in [2.24, 2.45) is 0 Å². The minimum atomic E-state index is 0.623. The highest BCUT2D eigenvalue weighted by Gasteiger charge is 2.05. The van der Waals surface area contributed by atoms with Gasteiger partial charge in [-0.15, -0.1) is 0 Å². The van der Waals surface area contributed by atoms with Crippen molar-refractivity contribution in [3.63, 3.8) is 0 Å². The fourth-order valence-electron chi connectivity index (χ4n) is 2.82. The Hall–Kier alpha value is -3.61. The summed E-state index contributed by atoms with van der Waals surface area (Å²) in [6.07, 6.45) is 14.7. The molecule has 0 unspecified atom stereocenters. The Kier molecular flexibility index (Phi) is 5.56. The van der Waals surface area contributed by atoms with Crippen molar-refractivity contribution in [1.29, 1.82) is 0 Å². The molecule has 0 aliphatic rings. The van der Waals surface area contributed by atoms with Crippen LogP contribution < -0.4 is 0 Å². The summed E-state index contributed by atoms with van der Waals surface area (Å²) >= 11 is 0. The smallest absolute Gasteiger partial charge is 0.134 e. The van der Waals surface area contributed by atoms with E-state index < -0.39 is 0 Å². The van der Waals surface area contributed by atoms with E-state index in [-0.39, 0.29) is 0 Å². The molecule has 144 valence electrons. The molecule has 0 N–H and O–H groups in total. The van der Waals surface area contributed by atoms with Gasteiger partial charge in [0.2, 0.25) is 0 Å². The van der Waals surface area contributed by atoms with Crippen LogP contribution in [0.1, 0.15) is 45.4 Å². The summed E-state index contributed by atoms with van der Waals surface area (Å²) < 4.78 is 0. The molecule has 4 aromatic heterocycles. The van der Waals surface area contributed by atoms with Crippen LogP contribution in [0.15, 0.2) is 55.5 Å². The Bertz CT molecular complexity index is 969. The van der Waals surface area contributed by atoms with E-state index in [9.17, 15) is 0 Å². The quantitative estimate of drug-likeness (QED) is 0.506. The van der Waals surface area contributed by atoms with Gasteiger partial charge in [0, 0.05) is 68.3 Å². The molecule has 4 rings (SSSR count). The van der Waals surface area contributed by atoms with Gasteiger partial charge in [0.1, 0.15) is 11.6 Å². The van der Waals surface area contributed by atoms with Gasteiger partial charge in [-0.3, -0.25) is 15.0 Å². The minimum absolute atomic E-state index is 0.623. The van der Waals surface area contributed by atoms with Gasteiger partial charge >= 0.3 is 0 Å². The second-order valence-electron chi connectivity index (χ2n) is 7.00. The SMILES string of the molecule is Cc1ccc(Cc2ncc(Cc3cnc(Cc4cnc(C)nc4)cn3)cn2)nc1. The average molecular weight is 383 g/mol. The van der Waals surface area contributed by atoms with Crippen LogP contribution in [0.2, 0.25) is 0 Å². The Labute approximate surface area is 169 Å². The zero-order chi connectivity index (χ0) is 20.1. The Balaban J connectivity index is 1.36. The van der Waals surface area contributed by atoms with Crippen molar-refractivity contribution in [3.8, 4) is 0 Å². The lowest BCUT2D eigenvalue weighted by molar-refractivity contribution is 0.902. The second-order valence-corrected chi connectivity index (χ2v) is 7.00. The first-order valence-electron chi connectivity index (χ1n) is 9.43. The first kappa shape index (κ1) is 18.7. The predicted octanol–water partition coefficient (Wildman–Crippen LogP) is 2.84. The first-order valence-corrected chi connectivity index (χ1v) is 9.43. The van der Waals surface area contributed by atoms with Crippen LogP contribution in [0.25, 0.3) is 0 Å². The van der Waals surface area contributed by atoms with Crippen LogP contribution in [-0.4, -0.2) is 34.9 Å². The van der Waals surface area contributed by atoms with E-state index in [1.54, 1.807) is 12.4 Å². The van der Waals surface area contributed by atoms with Crippen molar-refractivity contribution in [2.75, 3.05) is 0 Å². The standard InChI is InChI=1S/C22H21N7/c1-15-3-4-19(25-8-15)7-22-28-11-18(12-29-22)6-21-14-26-20(13-27-21)5-17-9-23-16(2)24-10-17/h3-4,8-14H,5-7H2,1-2H3. The topological polar surface area (TPSA) is 90.2 Å². The third kappa shape index (κ3) is 5.22. The van der Waals surface area contributed by atoms with Crippen molar-refractivity contribution in [3.05, 3.63) is 101 Å². The monoisotopic (exact) mass is 383 g/mol. The van der Waals surface area contributed by atoms with Gasteiger partial charge in [-0.2, -0.15) is 0 Å². The number of rotatable bonds is 6. The summed E-state index contributed by atoms with van der Waals surface area (Å²) in [5.41, 5.74) is 5.89. The highest BCUT2D eigenvalue weighted by molar-refractivity contribution is 5.20. The molecular formula is C22H21N7. The molecule has 7 heteroatoms. The lowest BCUT2D eigenvalue weighted by atomic mass is 10.1. The van der Waals surface area contributed by atoms with E-state index in [0.717, 1.165) is 45.4 Å². The van der Waals surface area contributed by atoms with Gasteiger partial charge < -0.3 is 0 Å². The summed E-state index contributed by atoms with van der Waals surface area (Å²) in [7, 11) is 0. The fraction of sp³-hybridized carbons (Fsp3) is 0.227. The highest BCUT2D eigenvalue weighted by Crippen LogP contribution is 2.09. The van der Waals surface area contributed by atoms with Crippen LogP contribution in [0.3, 0.4) is 0 Å². The van der Waals surface area contributed by atoms with Crippen molar-refractivity contribution in [1.82, 2.24) is 34.9 Å². The number of hydrogen-bond acceptors (Lipinski definition) is 7. The van der Waals surface area contributed by atoms with Crippen LogP contribution in [0.5, 0.6) is 0 Å². The van der Waals surface area contributed by atoms with Gasteiger partial charge in [0.05, 0.1) is 11.4 Å². The lowest BCUT2D eigenvalue weighted by Gasteiger charge is -2.05.